The molecule has 0 aliphatic carbocycles. The monoisotopic (exact) mass is 289 g/mol. The quantitative estimate of drug-likeness (QED) is 0.879. The third-order valence-corrected chi connectivity index (χ3v) is 4.11. The summed E-state index contributed by atoms with van der Waals surface area (Å²) in [5.41, 5.74) is 6.86. The van der Waals surface area contributed by atoms with E-state index in [1.807, 2.05) is 4.90 Å². The fraction of sp³-hybridized carbons (Fsp3) is 0.500. The lowest BCUT2D eigenvalue weighted by Crippen LogP contribution is -2.49. The molecule has 0 bridgehead atoms. The summed E-state index contributed by atoms with van der Waals surface area (Å²) in [5, 5.41) is 2.57. The van der Waals surface area contributed by atoms with Gasteiger partial charge in [0.2, 0.25) is 0 Å². The number of likely N-dealkylation sites (tertiary alicyclic amines) is 1. The minimum atomic E-state index is -0.188. The molecule has 1 saturated heterocycles. The van der Waals surface area contributed by atoms with Crippen LogP contribution in [0.3, 0.4) is 0 Å². The normalized spacial score (nSPS) is 22.0. The Morgan fingerprint density at radius 1 is 1.38 bits per heavy atom. The minimum absolute atomic E-state index is 0.0388. The molecule has 2 atom stereocenters. The van der Waals surface area contributed by atoms with Crippen molar-refractivity contribution in [2.75, 3.05) is 20.1 Å². The van der Waals surface area contributed by atoms with Crippen LogP contribution in [0.1, 0.15) is 40.5 Å². The second-order valence-corrected chi connectivity index (χ2v) is 5.68. The lowest BCUT2D eigenvalue weighted by Gasteiger charge is -2.38. The van der Waals surface area contributed by atoms with Crippen molar-refractivity contribution in [1.82, 2.24) is 10.2 Å². The molecule has 0 saturated carbocycles. The number of nitrogens with two attached hydrogens (primary N) is 1. The van der Waals surface area contributed by atoms with E-state index >= 15 is 0 Å². The van der Waals surface area contributed by atoms with Crippen LogP contribution in [0.25, 0.3) is 0 Å². The van der Waals surface area contributed by atoms with Crippen LogP contribution in [-0.4, -0.2) is 42.9 Å². The van der Waals surface area contributed by atoms with Gasteiger partial charge in [-0.1, -0.05) is 13.0 Å². The predicted molar refractivity (Wildman–Crippen MR) is 82.1 cm³/mol. The van der Waals surface area contributed by atoms with E-state index in [9.17, 15) is 9.59 Å². The highest BCUT2D eigenvalue weighted by molar-refractivity contribution is 5.99. The van der Waals surface area contributed by atoms with Crippen molar-refractivity contribution >= 4 is 11.8 Å². The standard InChI is InChI=1S/C16H23N3O2/c1-11-6-7-19(14(8-11)10-17)16(21)13-5-3-4-12(9-13)15(20)18-2/h3-5,9,11,14H,6-8,10,17H2,1-2H3,(H,18,20). The van der Waals surface area contributed by atoms with Gasteiger partial charge in [-0.15, -0.1) is 0 Å². The van der Waals surface area contributed by atoms with Crippen LogP contribution >= 0.6 is 0 Å². The van der Waals surface area contributed by atoms with Crippen LogP contribution in [0, 0.1) is 5.92 Å². The molecule has 1 fully saturated rings. The summed E-state index contributed by atoms with van der Waals surface area (Å²) in [6.07, 6.45) is 1.94. The van der Waals surface area contributed by atoms with Crippen molar-refractivity contribution < 1.29 is 9.59 Å². The van der Waals surface area contributed by atoms with Crippen molar-refractivity contribution in [3.8, 4) is 0 Å². The second-order valence-electron chi connectivity index (χ2n) is 5.68. The number of carbonyl (C=O) groups is 2. The first-order valence-corrected chi connectivity index (χ1v) is 7.40. The van der Waals surface area contributed by atoms with E-state index in [4.69, 9.17) is 5.73 Å². The smallest absolute Gasteiger partial charge is 0.254 e. The zero-order valence-corrected chi connectivity index (χ0v) is 12.6. The molecule has 0 aromatic heterocycles. The second kappa shape index (κ2) is 6.72. The zero-order chi connectivity index (χ0) is 15.4. The SMILES string of the molecule is CNC(=O)c1cccc(C(=O)N2CCC(C)CC2CN)c1. The lowest BCUT2D eigenvalue weighted by molar-refractivity contribution is 0.0573. The molecule has 1 heterocycles. The van der Waals surface area contributed by atoms with Crippen LogP contribution < -0.4 is 11.1 Å². The molecule has 2 amide bonds. The Balaban J connectivity index is 2.21. The van der Waals surface area contributed by atoms with Gasteiger partial charge in [0, 0.05) is 37.3 Å². The number of hydrogen-bond donors (Lipinski definition) is 2. The van der Waals surface area contributed by atoms with Gasteiger partial charge >= 0.3 is 0 Å². The largest absolute Gasteiger partial charge is 0.355 e. The van der Waals surface area contributed by atoms with Gasteiger partial charge in [-0.3, -0.25) is 9.59 Å². The van der Waals surface area contributed by atoms with Crippen LogP contribution in [0.4, 0.5) is 0 Å². The van der Waals surface area contributed by atoms with Crippen molar-refractivity contribution in [1.29, 1.82) is 0 Å². The Labute approximate surface area is 125 Å². The van der Waals surface area contributed by atoms with E-state index in [1.165, 1.54) is 0 Å². The number of amides is 2. The van der Waals surface area contributed by atoms with Crippen molar-refractivity contribution in [2.45, 2.75) is 25.8 Å². The number of rotatable bonds is 3. The lowest BCUT2D eigenvalue weighted by atomic mass is 9.91. The summed E-state index contributed by atoms with van der Waals surface area (Å²) >= 11 is 0. The van der Waals surface area contributed by atoms with Gasteiger partial charge in [0.05, 0.1) is 0 Å². The van der Waals surface area contributed by atoms with Crippen LogP contribution in [-0.2, 0) is 0 Å². The van der Waals surface area contributed by atoms with Gasteiger partial charge in [-0.2, -0.15) is 0 Å². The molecule has 2 rings (SSSR count). The molecule has 2 unspecified atom stereocenters. The van der Waals surface area contributed by atoms with Gasteiger partial charge in [-0.05, 0) is 37.0 Å². The summed E-state index contributed by atoms with van der Waals surface area (Å²) < 4.78 is 0. The topological polar surface area (TPSA) is 75.4 Å². The zero-order valence-electron chi connectivity index (χ0n) is 12.6. The molecule has 114 valence electrons. The molecule has 1 aliphatic heterocycles. The van der Waals surface area contributed by atoms with Gasteiger partial charge in [0.25, 0.3) is 11.8 Å². The first-order valence-electron chi connectivity index (χ1n) is 7.40. The van der Waals surface area contributed by atoms with E-state index in [0.717, 1.165) is 19.4 Å². The summed E-state index contributed by atoms with van der Waals surface area (Å²) in [6.45, 7) is 3.40. The Hall–Kier alpha value is -1.88. The fourth-order valence-corrected chi connectivity index (χ4v) is 2.85. The molecule has 0 radical (unpaired) electrons. The maximum Gasteiger partial charge on any atom is 0.254 e. The number of nitrogens with zero attached hydrogens (tertiary/aromatic N) is 1. The highest BCUT2D eigenvalue weighted by Crippen LogP contribution is 2.23. The number of hydrogen-bond acceptors (Lipinski definition) is 3. The Morgan fingerprint density at radius 2 is 2.10 bits per heavy atom. The van der Waals surface area contributed by atoms with Gasteiger partial charge in [-0.25, -0.2) is 0 Å². The molecule has 1 aromatic rings. The van der Waals surface area contributed by atoms with Crippen LogP contribution in [0.15, 0.2) is 24.3 Å². The Kier molecular flexibility index (Phi) is 4.96. The molecule has 1 aromatic carbocycles. The van der Waals surface area contributed by atoms with Gasteiger partial charge in [0.1, 0.15) is 0 Å². The highest BCUT2D eigenvalue weighted by atomic mass is 16.2. The number of benzene rings is 1. The van der Waals surface area contributed by atoms with Crippen LogP contribution in [0.2, 0.25) is 0 Å². The van der Waals surface area contributed by atoms with E-state index in [-0.39, 0.29) is 17.9 Å². The molecule has 5 nitrogen and oxygen atoms in total. The molecule has 5 heteroatoms. The van der Waals surface area contributed by atoms with Gasteiger partial charge < -0.3 is 16.0 Å². The summed E-state index contributed by atoms with van der Waals surface area (Å²) in [4.78, 5) is 26.2. The first kappa shape index (κ1) is 15.5. The third-order valence-electron chi connectivity index (χ3n) is 4.11. The van der Waals surface area contributed by atoms with Crippen molar-refractivity contribution in [2.24, 2.45) is 11.7 Å². The van der Waals surface area contributed by atoms with E-state index in [0.29, 0.717) is 23.6 Å². The van der Waals surface area contributed by atoms with E-state index < -0.39 is 0 Å². The van der Waals surface area contributed by atoms with Crippen molar-refractivity contribution in [3.63, 3.8) is 0 Å². The fourth-order valence-electron chi connectivity index (χ4n) is 2.85. The van der Waals surface area contributed by atoms with Gasteiger partial charge in [0.15, 0.2) is 0 Å². The third kappa shape index (κ3) is 3.42. The molecular weight excluding hydrogens is 266 g/mol. The average Bonchev–Trinajstić information content (AvgIpc) is 2.53. The maximum absolute atomic E-state index is 12.7. The molecule has 3 N–H and O–H groups in total. The summed E-state index contributed by atoms with van der Waals surface area (Å²) in [7, 11) is 1.58. The average molecular weight is 289 g/mol. The number of nitrogens with one attached hydrogen (secondary N) is 1. The molecule has 0 spiro atoms. The van der Waals surface area contributed by atoms with E-state index in [2.05, 4.69) is 12.2 Å². The number of piperidine rings is 1. The summed E-state index contributed by atoms with van der Waals surface area (Å²) in [5.74, 6) is 0.371. The number of carbonyl (C=O) groups excluding carboxylic acids is 2. The predicted octanol–water partition coefficient (Wildman–Crippen LogP) is 1.25. The van der Waals surface area contributed by atoms with Crippen molar-refractivity contribution in [3.05, 3.63) is 35.4 Å². The minimum Gasteiger partial charge on any atom is -0.355 e. The maximum atomic E-state index is 12.7. The Morgan fingerprint density at radius 3 is 2.76 bits per heavy atom. The Bertz CT molecular complexity index is 530. The molecular formula is C16H23N3O2. The summed E-state index contributed by atoms with van der Waals surface area (Å²) in [6, 6.07) is 6.92. The first-order chi connectivity index (χ1) is 10.1. The molecule has 1 aliphatic rings. The van der Waals surface area contributed by atoms with E-state index in [1.54, 1.807) is 31.3 Å². The van der Waals surface area contributed by atoms with Crippen LogP contribution in [0.5, 0.6) is 0 Å². The molecule has 21 heavy (non-hydrogen) atoms. The highest BCUT2D eigenvalue weighted by Gasteiger charge is 2.29.